The van der Waals surface area contributed by atoms with E-state index in [-0.39, 0.29) is 27.7 Å². The van der Waals surface area contributed by atoms with Gasteiger partial charge >= 0.3 is 0 Å². The number of benzene rings is 2. The maximum atomic E-state index is 12.8. The van der Waals surface area contributed by atoms with Crippen LogP contribution in [-0.2, 0) is 14.8 Å². The molecule has 1 aliphatic heterocycles. The molecule has 2 aromatic rings. The zero-order valence-corrected chi connectivity index (χ0v) is 19.8. The fraction of sp³-hybridized carbons (Fsp3) is 0.318. The molecule has 2 aromatic carbocycles. The minimum Gasteiger partial charge on any atom is -0.493 e. The lowest BCUT2D eigenvalue weighted by Crippen LogP contribution is -2.20. The normalized spacial score (nSPS) is 14.7. The number of amidine groups is 1. The maximum Gasteiger partial charge on any atom is 0.283 e. The Hall–Kier alpha value is -3.80. The van der Waals surface area contributed by atoms with Gasteiger partial charge in [-0.2, -0.15) is 8.42 Å². The smallest absolute Gasteiger partial charge is 0.283 e. The number of nitrogens with two attached hydrogens (primary N) is 1. The van der Waals surface area contributed by atoms with E-state index in [1.54, 1.807) is 7.05 Å². The fourth-order valence-electron chi connectivity index (χ4n) is 3.31. The highest BCUT2D eigenvalue weighted by atomic mass is 32.2. The molecule has 2 amide bonds. The van der Waals surface area contributed by atoms with E-state index in [9.17, 15) is 18.0 Å². The topological polar surface area (TPSA) is 150 Å². The molecule has 12 heteroatoms. The van der Waals surface area contributed by atoms with E-state index in [0.717, 1.165) is 13.0 Å². The zero-order chi connectivity index (χ0) is 24.9. The molecule has 11 nitrogen and oxygen atoms in total. The van der Waals surface area contributed by atoms with Crippen molar-refractivity contribution < 1.29 is 32.2 Å². The SMILES string of the molecule is COc1cc(C(=O)Nc2ccc(S(=O)(=O)/N=C3/CCCN3C)cc2)cc(OC)c1OCC(N)=O. The van der Waals surface area contributed by atoms with E-state index < -0.39 is 28.4 Å². The molecule has 182 valence electrons. The first-order valence-corrected chi connectivity index (χ1v) is 11.7. The number of carbonyl (C=O) groups excluding carboxylic acids is 2. The summed E-state index contributed by atoms with van der Waals surface area (Å²) in [5, 5.41) is 2.69. The Morgan fingerprint density at radius 2 is 1.74 bits per heavy atom. The number of methoxy groups -OCH3 is 2. The largest absolute Gasteiger partial charge is 0.493 e. The first kappa shape index (κ1) is 24.8. The molecule has 1 aliphatic rings. The van der Waals surface area contributed by atoms with E-state index in [1.807, 2.05) is 4.90 Å². The van der Waals surface area contributed by atoms with Crippen LogP contribution in [0.25, 0.3) is 0 Å². The van der Waals surface area contributed by atoms with Crippen LogP contribution in [0.1, 0.15) is 23.2 Å². The molecule has 0 aliphatic carbocycles. The van der Waals surface area contributed by atoms with Crippen LogP contribution in [0.5, 0.6) is 17.2 Å². The van der Waals surface area contributed by atoms with Gasteiger partial charge in [0.25, 0.3) is 21.8 Å². The number of likely N-dealkylation sites (tertiary alicyclic amines) is 1. The van der Waals surface area contributed by atoms with Crippen molar-refractivity contribution in [1.82, 2.24) is 4.90 Å². The fourth-order valence-corrected chi connectivity index (χ4v) is 4.40. The summed E-state index contributed by atoms with van der Waals surface area (Å²) in [6.45, 7) is 0.377. The van der Waals surface area contributed by atoms with Crippen LogP contribution in [0.4, 0.5) is 5.69 Å². The third-order valence-electron chi connectivity index (χ3n) is 5.05. The number of anilines is 1. The second-order valence-electron chi connectivity index (χ2n) is 7.45. The second-order valence-corrected chi connectivity index (χ2v) is 9.06. The van der Waals surface area contributed by atoms with Crippen molar-refractivity contribution in [2.45, 2.75) is 17.7 Å². The second kappa shape index (κ2) is 10.4. The van der Waals surface area contributed by atoms with Gasteiger partial charge in [-0.3, -0.25) is 9.59 Å². The Bertz CT molecular complexity index is 1190. The molecule has 1 saturated heterocycles. The Labute approximate surface area is 197 Å². The van der Waals surface area contributed by atoms with Crippen molar-refractivity contribution in [3.05, 3.63) is 42.0 Å². The van der Waals surface area contributed by atoms with Crippen molar-refractivity contribution in [1.29, 1.82) is 0 Å². The molecule has 34 heavy (non-hydrogen) atoms. The van der Waals surface area contributed by atoms with E-state index >= 15 is 0 Å². The quantitative estimate of drug-likeness (QED) is 0.539. The van der Waals surface area contributed by atoms with Crippen LogP contribution in [0.3, 0.4) is 0 Å². The molecule has 3 rings (SSSR count). The molecule has 0 aromatic heterocycles. The highest BCUT2D eigenvalue weighted by molar-refractivity contribution is 7.90. The Balaban J connectivity index is 1.78. The van der Waals surface area contributed by atoms with Crippen molar-refractivity contribution in [3.63, 3.8) is 0 Å². The van der Waals surface area contributed by atoms with Gasteiger partial charge in [-0.15, -0.1) is 4.40 Å². The Kier molecular flexibility index (Phi) is 7.61. The molecule has 0 saturated carbocycles. The minimum absolute atomic E-state index is 0.0255. The van der Waals surface area contributed by atoms with Gasteiger partial charge in [-0.25, -0.2) is 0 Å². The predicted molar refractivity (Wildman–Crippen MR) is 125 cm³/mol. The summed E-state index contributed by atoms with van der Waals surface area (Å²) in [4.78, 5) is 25.7. The van der Waals surface area contributed by atoms with Gasteiger partial charge in [0.05, 0.1) is 19.1 Å². The Morgan fingerprint density at radius 1 is 1.12 bits per heavy atom. The number of amides is 2. The molecular formula is C22H26N4O7S. The van der Waals surface area contributed by atoms with Gasteiger partial charge < -0.3 is 30.2 Å². The van der Waals surface area contributed by atoms with Gasteiger partial charge in [-0.05, 0) is 42.8 Å². The van der Waals surface area contributed by atoms with Gasteiger partial charge in [0.1, 0.15) is 5.84 Å². The average molecular weight is 491 g/mol. The molecule has 0 spiro atoms. The highest BCUT2D eigenvalue weighted by Gasteiger charge is 2.21. The predicted octanol–water partition coefficient (Wildman–Crippen LogP) is 1.63. The maximum absolute atomic E-state index is 12.8. The third-order valence-corrected chi connectivity index (χ3v) is 6.37. The monoisotopic (exact) mass is 490 g/mol. The summed E-state index contributed by atoms with van der Waals surface area (Å²) in [6, 6.07) is 8.55. The number of carbonyl (C=O) groups is 2. The molecule has 0 bridgehead atoms. The number of rotatable bonds is 9. The van der Waals surface area contributed by atoms with Crippen LogP contribution < -0.4 is 25.3 Å². The number of hydrogen-bond donors (Lipinski definition) is 2. The van der Waals surface area contributed by atoms with Crippen LogP contribution in [0.15, 0.2) is 45.7 Å². The standard InChI is InChI=1S/C22H26N4O7S/c1-26-10-4-5-20(26)25-34(29,30)16-8-6-15(7-9-16)24-22(28)14-11-17(31-2)21(18(12-14)32-3)33-13-19(23)27/h6-9,11-12H,4-5,10,13H2,1-3H3,(H2,23,27)(H,24,28)/b25-20-. The molecule has 0 unspecified atom stereocenters. The summed E-state index contributed by atoms with van der Waals surface area (Å²) in [6.07, 6.45) is 1.48. The number of hydrogen-bond acceptors (Lipinski definition) is 7. The molecule has 0 atom stereocenters. The average Bonchev–Trinajstić information content (AvgIpc) is 3.20. The lowest BCUT2D eigenvalue weighted by molar-refractivity contribution is -0.120. The summed E-state index contributed by atoms with van der Waals surface area (Å²) >= 11 is 0. The van der Waals surface area contributed by atoms with Crippen molar-refractivity contribution in [3.8, 4) is 17.2 Å². The lowest BCUT2D eigenvalue weighted by Gasteiger charge is -2.15. The van der Waals surface area contributed by atoms with E-state index in [0.29, 0.717) is 17.9 Å². The van der Waals surface area contributed by atoms with Crippen LogP contribution >= 0.6 is 0 Å². The van der Waals surface area contributed by atoms with Gasteiger partial charge in [0, 0.05) is 31.3 Å². The van der Waals surface area contributed by atoms with Crippen molar-refractivity contribution in [2.75, 3.05) is 39.7 Å². The first-order chi connectivity index (χ1) is 16.1. The summed E-state index contributed by atoms with van der Waals surface area (Å²) in [5.74, 6) is -0.182. The van der Waals surface area contributed by atoms with Gasteiger partial charge in [0.15, 0.2) is 18.1 Å². The molecule has 1 heterocycles. The third kappa shape index (κ3) is 5.76. The minimum atomic E-state index is -3.85. The van der Waals surface area contributed by atoms with E-state index in [1.165, 1.54) is 50.6 Å². The number of sulfonamides is 1. The number of ether oxygens (including phenoxy) is 3. The highest BCUT2D eigenvalue weighted by Crippen LogP contribution is 2.38. The van der Waals surface area contributed by atoms with E-state index in [2.05, 4.69) is 9.71 Å². The lowest BCUT2D eigenvalue weighted by atomic mass is 10.1. The molecule has 1 fully saturated rings. The van der Waals surface area contributed by atoms with Crippen molar-refractivity contribution >= 4 is 33.4 Å². The van der Waals surface area contributed by atoms with Crippen LogP contribution in [-0.4, -0.2) is 65.4 Å². The molecular weight excluding hydrogens is 464 g/mol. The summed E-state index contributed by atoms with van der Waals surface area (Å²) < 4.78 is 45.0. The number of primary amides is 1. The first-order valence-electron chi connectivity index (χ1n) is 10.3. The van der Waals surface area contributed by atoms with Crippen LogP contribution in [0, 0.1) is 0 Å². The zero-order valence-electron chi connectivity index (χ0n) is 19.0. The summed E-state index contributed by atoms with van der Waals surface area (Å²) in [5.41, 5.74) is 5.68. The number of nitrogens with one attached hydrogen (secondary N) is 1. The van der Waals surface area contributed by atoms with Crippen molar-refractivity contribution in [2.24, 2.45) is 10.1 Å². The van der Waals surface area contributed by atoms with Gasteiger partial charge in [0.2, 0.25) is 5.75 Å². The molecule has 0 radical (unpaired) electrons. The van der Waals surface area contributed by atoms with E-state index in [4.69, 9.17) is 19.9 Å². The van der Waals surface area contributed by atoms with Crippen LogP contribution in [0.2, 0.25) is 0 Å². The molecule has 3 N–H and O–H groups in total. The summed E-state index contributed by atoms with van der Waals surface area (Å²) in [7, 11) is 0.700. The van der Waals surface area contributed by atoms with Gasteiger partial charge in [-0.1, -0.05) is 0 Å². The Morgan fingerprint density at radius 3 is 2.24 bits per heavy atom. The number of nitrogens with zero attached hydrogens (tertiary/aromatic N) is 2.